The van der Waals surface area contributed by atoms with Gasteiger partial charge >= 0.3 is 0 Å². The number of nitrogens with one attached hydrogen (secondary N) is 2. The Morgan fingerprint density at radius 3 is 2.87 bits per heavy atom. The molecule has 0 spiro atoms. The van der Waals surface area contributed by atoms with Crippen molar-refractivity contribution in [2.45, 2.75) is 45.6 Å². The number of aliphatic imine (C=N–C) groups is 1. The lowest BCUT2D eigenvalue weighted by Gasteiger charge is -2.35. The summed E-state index contributed by atoms with van der Waals surface area (Å²) in [5.41, 5.74) is 1.40. The SMILES string of the molecule is CN=C(NCC1CCCN(C(C)C)C1)NCC(C)c1ccsc1. The third-order valence-corrected chi connectivity index (χ3v) is 5.45. The van der Waals surface area contributed by atoms with Crippen LogP contribution in [0.25, 0.3) is 0 Å². The van der Waals surface area contributed by atoms with Crippen LogP contribution in [0.1, 0.15) is 45.1 Å². The summed E-state index contributed by atoms with van der Waals surface area (Å²) in [5.74, 6) is 2.15. The summed E-state index contributed by atoms with van der Waals surface area (Å²) >= 11 is 1.76. The van der Waals surface area contributed by atoms with Gasteiger partial charge in [-0.05, 0) is 67.5 Å². The Labute approximate surface area is 145 Å². The summed E-state index contributed by atoms with van der Waals surface area (Å²) in [5, 5.41) is 11.3. The number of hydrogen-bond acceptors (Lipinski definition) is 3. The highest BCUT2D eigenvalue weighted by atomic mass is 32.1. The van der Waals surface area contributed by atoms with E-state index < -0.39 is 0 Å². The largest absolute Gasteiger partial charge is 0.356 e. The molecule has 5 heteroatoms. The molecule has 2 rings (SSSR count). The van der Waals surface area contributed by atoms with Gasteiger partial charge in [0.05, 0.1) is 0 Å². The van der Waals surface area contributed by atoms with Crippen molar-refractivity contribution in [1.29, 1.82) is 0 Å². The fourth-order valence-electron chi connectivity index (χ4n) is 3.12. The molecule has 0 aromatic carbocycles. The second-order valence-corrected chi connectivity index (χ2v) is 7.67. The van der Waals surface area contributed by atoms with E-state index in [9.17, 15) is 0 Å². The lowest BCUT2D eigenvalue weighted by atomic mass is 9.97. The van der Waals surface area contributed by atoms with E-state index in [1.807, 2.05) is 7.05 Å². The van der Waals surface area contributed by atoms with Gasteiger partial charge in [-0.3, -0.25) is 4.99 Å². The maximum absolute atomic E-state index is 4.36. The molecular weight excluding hydrogens is 304 g/mol. The molecule has 0 bridgehead atoms. The molecule has 1 aliphatic heterocycles. The molecule has 2 heterocycles. The summed E-state index contributed by atoms with van der Waals surface area (Å²) in [7, 11) is 1.85. The van der Waals surface area contributed by atoms with Crippen LogP contribution in [-0.4, -0.2) is 50.1 Å². The molecule has 1 aromatic rings. The number of piperidine rings is 1. The lowest BCUT2D eigenvalue weighted by molar-refractivity contribution is 0.141. The van der Waals surface area contributed by atoms with Crippen molar-refractivity contribution in [1.82, 2.24) is 15.5 Å². The number of thiophene rings is 1. The van der Waals surface area contributed by atoms with Crippen molar-refractivity contribution in [3.8, 4) is 0 Å². The van der Waals surface area contributed by atoms with Gasteiger partial charge in [-0.1, -0.05) is 6.92 Å². The van der Waals surface area contributed by atoms with Crippen molar-refractivity contribution < 1.29 is 0 Å². The van der Waals surface area contributed by atoms with Crippen LogP contribution in [0.15, 0.2) is 21.8 Å². The highest BCUT2D eigenvalue weighted by Gasteiger charge is 2.21. The average molecular weight is 337 g/mol. The normalized spacial score (nSPS) is 21.4. The van der Waals surface area contributed by atoms with E-state index in [0.717, 1.165) is 25.0 Å². The number of rotatable bonds is 6. The zero-order valence-corrected chi connectivity index (χ0v) is 15.8. The zero-order valence-electron chi connectivity index (χ0n) is 15.0. The Morgan fingerprint density at radius 2 is 2.22 bits per heavy atom. The number of guanidine groups is 1. The molecule has 0 amide bonds. The first-order valence-corrected chi connectivity index (χ1v) is 9.75. The summed E-state index contributed by atoms with van der Waals surface area (Å²) in [6.07, 6.45) is 2.63. The van der Waals surface area contributed by atoms with Gasteiger partial charge in [-0.15, -0.1) is 0 Å². The van der Waals surface area contributed by atoms with Crippen LogP contribution in [0, 0.1) is 5.92 Å². The predicted octanol–water partition coefficient (Wildman–Crippen LogP) is 3.14. The maximum Gasteiger partial charge on any atom is 0.191 e. The van der Waals surface area contributed by atoms with E-state index in [1.54, 1.807) is 11.3 Å². The van der Waals surface area contributed by atoms with Crippen molar-refractivity contribution in [2.24, 2.45) is 10.9 Å². The Morgan fingerprint density at radius 1 is 1.39 bits per heavy atom. The average Bonchev–Trinajstić information content (AvgIpc) is 3.09. The molecule has 2 atom stereocenters. The second-order valence-electron chi connectivity index (χ2n) is 6.89. The molecule has 1 aliphatic rings. The topological polar surface area (TPSA) is 39.7 Å². The van der Waals surface area contributed by atoms with E-state index in [-0.39, 0.29) is 0 Å². The molecule has 130 valence electrons. The van der Waals surface area contributed by atoms with E-state index in [2.05, 4.69) is 58.1 Å². The standard InChI is InChI=1S/C18H32N4S/c1-14(2)22-8-5-6-16(12-22)11-21-18(19-4)20-10-15(3)17-7-9-23-13-17/h7,9,13-16H,5-6,8,10-12H2,1-4H3,(H2,19,20,21). The van der Waals surface area contributed by atoms with Crippen LogP contribution in [0.5, 0.6) is 0 Å². The van der Waals surface area contributed by atoms with Gasteiger partial charge in [0, 0.05) is 32.7 Å². The van der Waals surface area contributed by atoms with Crippen molar-refractivity contribution in [2.75, 3.05) is 33.2 Å². The molecule has 23 heavy (non-hydrogen) atoms. The van der Waals surface area contributed by atoms with Crippen LogP contribution >= 0.6 is 11.3 Å². The Hall–Kier alpha value is -1.07. The highest BCUT2D eigenvalue weighted by molar-refractivity contribution is 7.07. The third-order valence-electron chi connectivity index (χ3n) is 4.75. The van der Waals surface area contributed by atoms with Gasteiger partial charge in [-0.2, -0.15) is 11.3 Å². The van der Waals surface area contributed by atoms with E-state index in [4.69, 9.17) is 0 Å². The van der Waals surface area contributed by atoms with E-state index >= 15 is 0 Å². The van der Waals surface area contributed by atoms with Crippen molar-refractivity contribution in [3.63, 3.8) is 0 Å². The van der Waals surface area contributed by atoms with E-state index in [1.165, 1.54) is 31.5 Å². The molecule has 1 aromatic heterocycles. The molecular formula is C18H32N4S. The van der Waals surface area contributed by atoms with Crippen LogP contribution < -0.4 is 10.6 Å². The van der Waals surface area contributed by atoms with Crippen LogP contribution in [0.2, 0.25) is 0 Å². The monoisotopic (exact) mass is 336 g/mol. The molecule has 0 saturated carbocycles. The predicted molar refractivity (Wildman–Crippen MR) is 102 cm³/mol. The van der Waals surface area contributed by atoms with Crippen molar-refractivity contribution in [3.05, 3.63) is 22.4 Å². The van der Waals surface area contributed by atoms with Crippen LogP contribution in [0.3, 0.4) is 0 Å². The summed E-state index contributed by atoms with van der Waals surface area (Å²) in [4.78, 5) is 6.95. The molecule has 0 radical (unpaired) electrons. The third kappa shape index (κ3) is 5.81. The number of nitrogens with zero attached hydrogens (tertiary/aromatic N) is 2. The number of likely N-dealkylation sites (tertiary alicyclic amines) is 1. The molecule has 1 saturated heterocycles. The van der Waals surface area contributed by atoms with Crippen LogP contribution in [-0.2, 0) is 0 Å². The van der Waals surface area contributed by atoms with E-state index in [0.29, 0.717) is 12.0 Å². The minimum absolute atomic E-state index is 0.505. The number of hydrogen-bond donors (Lipinski definition) is 2. The fraction of sp³-hybridized carbons (Fsp3) is 0.722. The molecule has 2 N–H and O–H groups in total. The van der Waals surface area contributed by atoms with Crippen LogP contribution in [0.4, 0.5) is 0 Å². The van der Waals surface area contributed by atoms with Gasteiger partial charge in [0.15, 0.2) is 5.96 Å². The highest BCUT2D eigenvalue weighted by Crippen LogP contribution is 2.18. The minimum Gasteiger partial charge on any atom is -0.356 e. The Kier molecular flexibility index (Phi) is 7.37. The second kappa shape index (κ2) is 9.28. The molecule has 2 unspecified atom stereocenters. The summed E-state index contributed by atoms with van der Waals surface area (Å²) in [6.45, 7) is 11.2. The first-order chi connectivity index (χ1) is 11.1. The molecule has 1 fully saturated rings. The maximum atomic E-state index is 4.36. The minimum atomic E-state index is 0.505. The summed E-state index contributed by atoms with van der Waals surface area (Å²) in [6, 6.07) is 2.86. The molecule has 4 nitrogen and oxygen atoms in total. The van der Waals surface area contributed by atoms with Gasteiger partial charge < -0.3 is 15.5 Å². The Balaban J connectivity index is 1.72. The lowest BCUT2D eigenvalue weighted by Crippen LogP contribution is -2.46. The first-order valence-electron chi connectivity index (χ1n) is 8.80. The van der Waals surface area contributed by atoms with Crippen molar-refractivity contribution >= 4 is 17.3 Å². The van der Waals surface area contributed by atoms with Gasteiger partial charge in [0.25, 0.3) is 0 Å². The van der Waals surface area contributed by atoms with Gasteiger partial charge in [0.1, 0.15) is 0 Å². The first kappa shape index (κ1) is 18.3. The zero-order chi connectivity index (χ0) is 16.7. The smallest absolute Gasteiger partial charge is 0.191 e. The van der Waals surface area contributed by atoms with Gasteiger partial charge in [-0.25, -0.2) is 0 Å². The van der Waals surface area contributed by atoms with Gasteiger partial charge in [0.2, 0.25) is 0 Å². The quantitative estimate of drug-likeness (QED) is 0.619. The Bertz CT molecular complexity index is 469. The summed E-state index contributed by atoms with van der Waals surface area (Å²) < 4.78 is 0. The molecule has 0 aliphatic carbocycles. The fourth-order valence-corrected chi connectivity index (χ4v) is 3.90.